The van der Waals surface area contributed by atoms with E-state index in [-0.39, 0.29) is 17.6 Å². The Morgan fingerprint density at radius 2 is 1.65 bits per heavy atom. The van der Waals surface area contributed by atoms with Crippen LogP contribution in [0, 0.1) is 5.92 Å². The number of carbonyl (C=O) groups excluding carboxylic acids is 1. The second kappa shape index (κ2) is 11.2. The van der Waals surface area contributed by atoms with Crippen LogP contribution in [0.5, 0.6) is 0 Å². The van der Waals surface area contributed by atoms with Crippen molar-refractivity contribution in [3.63, 3.8) is 0 Å². The fraction of sp³-hybridized carbons (Fsp3) is 0.536. The fourth-order valence-corrected chi connectivity index (χ4v) is 6.57. The van der Waals surface area contributed by atoms with Crippen molar-refractivity contribution < 1.29 is 4.79 Å². The van der Waals surface area contributed by atoms with Crippen molar-refractivity contribution in [2.75, 3.05) is 18.8 Å². The Labute approximate surface area is 221 Å². The zero-order valence-corrected chi connectivity index (χ0v) is 22.5. The van der Waals surface area contributed by atoms with Gasteiger partial charge < -0.3 is 4.90 Å². The van der Waals surface area contributed by atoms with Gasteiger partial charge in [-0.1, -0.05) is 61.4 Å². The first-order valence-electron chi connectivity index (χ1n) is 13.3. The lowest BCUT2D eigenvalue weighted by molar-refractivity contribution is -0.129. The van der Waals surface area contributed by atoms with Crippen molar-refractivity contribution in [2.45, 2.75) is 62.3 Å². The Morgan fingerprint density at radius 1 is 0.946 bits per heavy atom. The predicted molar refractivity (Wildman–Crippen MR) is 146 cm³/mol. The summed E-state index contributed by atoms with van der Waals surface area (Å²) in [5.41, 5.74) is 0.893. The maximum atomic E-state index is 13.2. The average molecular weight is 522 g/mol. The second-order valence-electron chi connectivity index (χ2n) is 10.4. The summed E-state index contributed by atoms with van der Waals surface area (Å²) < 4.78 is 2.52. The van der Waals surface area contributed by atoms with Gasteiger partial charge in [-0.25, -0.2) is 14.8 Å². The summed E-state index contributed by atoms with van der Waals surface area (Å²) in [6.45, 7) is 1.51. The van der Waals surface area contributed by atoms with Crippen LogP contribution in [-0.4, -0.2) is 48.8 Å². The molecule has 1 aromatic carbocycles. The molecule has 1 aliphatic carbocycles. The van der Waals surface area contributed by atoms with Gasteiger partial charge in [0, 0.05) is 33.1 Å². The maximum Gasteiger partial charge on any atom is 0.332 e. The molecule has 0 unspecified atom stereocenters. The molecule has 0 bridgehead atoms. The van der Waals surface area contributed by atoms with Crippen LogP contribution < -0.4 is 11.2 Å². The summed E-state index contributed by atoms with van der Waals surface area (Å²) in [6, 6.07) is 10.5. The fourth-order valence-electron chi connectivity index (χ4n) is 5.65. The highest BCUT2D eigenvalue weighted by molar-refractivity contribution is 8.00. The first-order valence-corrected chi connectivity index (χ1v) is 14.3. The Balaban J connectivity index is 1.33. The smallest absolute Gasteiger partial charge is 0.332 e. The number of likely N-dealkylation sites (tertiary alicyclic amines) is 1. The number of carbonyl (C=O) groups is 1. The molecule has 1 amide bonds. The van der Waals surface area contributed by atoms with Gasteiger partial charge in [-0.2, -0.15) is 0 Å². The van der Waals surface area contributed by atoms with Gasteiger partial charge in [0.2, 0.25) is 5.91 Å². The SMILES string of the molecule is Cn1c(=O)c2c(SCC(=O)N3CCC(Cc4ccccc4)CC3)nc(C3CCCCC3)nc2n(C)c1=O. The predicted octanol–water partition coefficient (Wildman–Crippen LogP) is 3.65. The van der Waals surface area contributed by atoms with Crippen LogP contribution in [0.15, 0.2) is 44.9 Å². The van der Waals surface area contributed by atoms with Gasteiger partial charge in [0.15, 0.2) is 5.65 Å². The van der Waals surface area contributed by atoms with E-state index >= 15 is 0 Å². The lowest BCUT2D eigenvalue weighted by Gasteiger charge is -2.32. The molecule has 2 aliphatic rings. The Kier molecular flexibility index (Phi) is 7.79. The van der Waals surface area contributed by atoms with E-state index in [1.165, 1.54) is 35.4 Å². The number of hydrogen-bond donors (Lipinski definition) is 0. The minimum atomic E-state index is -0.412. The molecular formula is C28H35N5O3S. The summed E-state index contributed by atoms with van der Waals surface area (Å²) in [4.78, 5) is 50.3. The normalized spacial score (nSPS) is 17.4. The van der Waals surface area contributed by atoms with E-state index in [1.54, 1.807) is 7.05 Å². The molecule has 0 radical (unpaired) electrons. The van der Waals surface area contributed by atoms with Crippen LogP contribution in [0.2, 0.25) is 0 Å². The molecule has 1 aliphatic heterocycles. The number of benzene rings is 1. The van der Waals surface area contributed by atoms with Crippen LogP contribution in [0.3, 0.4) is 0 Å². The zero-order chi connectivity index (χ0) is 25.9. The number of fused-ring (bicyclic) bond motifs is 1. The van der Waals surface area contributed by atoms with Crippen molar-refractivity contribution >= 4 is 28.7 Å². The molecule has 5 rings (SSSR count). The molecule has 9 heteroatoms. The number of amides is 1. The van der Waals surface area contributed by atoms with Gasteiger partial charge in [-0.15, -0.1) is 0 Å². The topological polar surface area (TPSA) is 90.1 Å². The highest BCUT2D eigenvalue weighted by atomic mass is 32.2. The van der Waals surface area contributed by atoms with E-state index in [2.05, 4.69) is 24.3 Å². The Bertz CT molecular complexity index is 1390. The minimum Gasteiger partial charge on any atom is -0.342 e. The first-order chi connectivity index (χ1) is 17.9. The molecule has 196 valence electrons. The van der Waals surface area contributed by atoms with E-state index in [9.17, 15) is 14.4 Å². The molecule has 0 spiro atoms. The molecule has 37 heavy (non-hydrogen) atoms. The van der Waals surface area contributed by atoms with Crippen LogP contribution >= 0.6 is 11.8 Å². The quantitative estimate of drug-likeness (QED) is 0.363. The van der Waals surface area contributed by atoms with Crippen LogP contribution in [0.1, 0.15) is 62.3 Å². The monoisotopic (exact) mass is 521 g/mol. The summed E-state index contributed by atoms with van der Waals surface area (Å²) in [5.74, 6) is 1.78. The zero-order valence-electron chi connectivity index (χ0n) is 21.7. The molecule has 3 aromatic rings. The average Bonchev–Trinajstić information content (AvgIpc) is 2.94. The number of aryl methyl sites for hydroxylation is 1. The van der Waals surface area contributed by atoms with Gasteiger partial charge in [0.25, 0.3) is 5.56 Å². The summed E-state index contributed by atoms with van der Waals surface area (Å²) in [7, 11) is 3.11. The molecular weight excluding hydrogens is 486 g/mol. The molecule has 1 saturated carbocycles. The van der Waals surface area contributed by atoms with Crippen LogP contribution in [-0.2, 0) is 25.3 Å². The number of hydrogen-bond acceptors (Lipinski definition) is 6. The third-order valence-corrected chi connectivity index (χ3v) is 8.88. The lowest BCUT2D eigenvalue weighted by Crippen LogP contribution is -2.40. The number of piperidine rings is 1. The van der Waals surface area contributed by atoms with Crippen molar-refractivity contribution in [3.8, 4) is 0 Å². The van der Waals surface area contributed by atoms with Gasteiger partial charge in [-0.3, -0.25) is 18.7 Å². The minimum absolute atomic E-state index is 0.0655. The Morgan fingerprint density at radius 3 is 2.35 bits per heavy atom. The van der Waals surface area contributed by atoms with E-state index < -0.39 is 11.2 Å². The van der Waals surface area contributed by atoms with Gasteiger partial charge >= 0.3 is 5.69 Å². The van der Waals surface area contributed by atoms with Gasteiger partial charge in [0.1, 0.15) is 16.2 Å². The number of aromatic nitrogens is 4. The van der Waals surface area contributed by atoms with E-state index in [0.717, 1.165) is 62.6 Å². The molecule has 0 N–H and O–H groups in total. The lowest BCUT2D eigenvalue weighted by atomic mass is 9.89. The number of thioether (sulfide) groups is 1. The third-order valence-electron chi connectivity index (χ3n) is 7.92. The number of rotatable bonds is 6. The summed E-state index contributed by atoms with van der Waals surface area (Å²) in [6.07, 6.45) is 8.52. The van der Waals surface area contributed by atoms with Gasteiger partial charge in [-0.05, 0) is 43.6 Å². The van der Waals surface area contributed by atoms with Crippen LogP contribution in [0.25, 0.3) is 11.0 Å². The summed E-state index contributed by atoms with van der Waals surface area (Å²) >= 11 is 1.30. The van der Waals surface area contributed by atoms with Gasteiger partial charge in [0.05, 0.1) is 5.75 Å². The van der Waals surface area contributed by atoms with E-state index in [0.29, 0.717) is 27.8 Å². The maximum absolute atomic E-state index is 13.2. The van der Waals surface area contributed by atoms with Crippen molar-refractivity contribution in [1.29, 1.82) is 0 Å². The summed E-state index contributed by atoms with van der Waals surface area (Å²) in [5, 5.41) is 0.831. The van der Waals surface area contributed by atoms with E-state index in [1.807, 2.05) is 11.0 Å². The molecule has 8 nitrogen and oxygen atoms in total. The molecule has 2 aromatic heterocycles. The molecule has 1 saturated heterocycles. The molecule has 0 atom stereocenters. The van der Waals surface area contributed by atoms with E-state index in [4.69, 9.17) is 9.97 Å². The molecule has 2 fully saturated rings. The van der Waals surface area contributed by atoms with Crippen molar-refractivity contribution in [3.05, 3.63) is 62.6 Å². The number of nitrogens with zero attached hydrogens (tertiary/aromatic N) is 5. The highest BCUT2D eigenvalue weighted by Crippen LogP contribution is 2.33. The second-order valence-corrected chi connectivity index (χ2v) is 11.4. The standard InChI is InChI=1S/C28H35N5O3S/c1-31-25-23(27(35)32(2)28(31)36)26(30-24(29-25)21-11-7-4-8-12-21)37-18-22(34)33-15-13-20(14-16-33)17-19-9-5-3-6-10-19/h3,5-6,9-10,20-21H,4,7-8,11-18H2,1-2H3. The van der Waals surface area contributed by atoms with Crippen LogP contribution in [0.4, 0.5) is 0 Å². The van der Waals surface area contributed by atoms with Crippen molar-refractivity contribution in [2.24, 2.45) is 20.0 Å². The highest BCUT2D eigenvalue weighted by Gasteiger charge is 2.26. The van der Waals surface area contributed by atoms with Crippen molar-refractivity contribution in [1.82, 2.24) is 24.0 Å². The Hall–Kier alpha value is -2.94. The largest absolute Gasteiger partial charge is 0.342 e. The third kappa shape index (κ3) is 5.51. The first kappa shape index (κ1) is 25.7. The molecule has 3 heterocycles.